The van der Waals surface area contributed by atoms with Crippen LogP contribution in [0.25, 0.3) is 10.9 Å². The van der Waals surface area contributed by atoms with Crippen molar-refractivity contribution in [2.45, 2.75) is 57.8 Å². The van der Waals surface area contributed by atoms with E-state index in [0.29, 0.717) is 19.4 Å². The number of halogens is 1. The first kappa shape index (κ1) is 20.3. The van der Waals surface area contributed by atoms with E-state index in [4.69, 9.17) is 5.11 Å². The van der Waals surface area contributed by atoms with Crippen molar-refractivity contribution in [3.8, 4) is 0 Å². The summed E-state index contributed by atoms with van der Waals surface area (Å²) in [5.74, 6) is -0.949. The van der Waals surface area contributed by atoms with Crippen LogP contribution in [0.15, 0.2) is 48.6 Å². The van der Waals surface area contributed by atoms with E-state index < -0.39 is 11.6 Å². The third kappa shape index (κ3) is 4.36. The van der Waals surface area contributed by atoms with Crippen molar-refractivity contribution in [1.82, 2.24) is 9.88 Å². The van der Waals surface area contributed by atoms with Gasteiger partial charge >= 0.3 is 5.97 Å². The first-order valence-corrected chi connectivity index (χ1v) is 9.78. The second-order valence-electron chi connectivity index (χ2n) is 8.35. The maximum atomic E-state index is 14.6. The molecule has 0 unspecified atom stereocenters. The van der Waals surface area contributed by atoms with Gasteiger partial charge in [-0.3, -0.25) is 4.90 Å². The van der Waals surface area contributed by atoms with Crippen molar-refractivity contribution in [3.63, 3.8) is 0 Å². The fourth-order valence-electron chi connectivity index (χ4n) is 4.22. The number of rotatable bonds is 7. The van der Waals surface area contributed by atoms with Crippen molar-refractivity contribution in [1.29, 1.82) is 0 Å². The number of benzene rings is 1. The van der Waals surface area contributed by atoms with Crippen molar-refractivity contribution in [3.05, 3.63) is 59.8 Å². The summed E-state index contributed by atoms with van der Waals surface area (Å²) in [6.07, 6.45) is 4.92. The molecule has 1 aromatic heterocycles. The highest BCUT2D eigenvalue weighted by Gasteiger charge is 2.38. The van der Waals surface area contributed by atoms with Gasteiger partial charge in [0.05, 0.1) is 6.04 Å². The predicted molar refractivity (Wildman–Crippen MR) is 111 cm³/mol. The molecule has 0 amide bonds. The lowest BCUT2D eigenvalue weighted by molar-refractivity contribution is -0.131. The molecule has 0 saturated carbocycles. The number of alkyl halides is 1. The Labute approximate surface area is 165 Å². The van der Waals surface area contributed by atoms with Crippen LogP contribution in [-0.4, -0.2) is 39.2 Å². The van der Waals surface area contributed by atoms with E-state index in [0.717, 1.165) is 29.3 Å². The Morgan fingerprint density at radius 1 is 1.43 bits per heavy atom. The first-order chi connectivity index (χ1) is 13.2. The van der Waals surface area contributed by atoms with Gasteiger partial charge in [-0.05, 0) is 51.7 Å². The normalized spacial score (nSPS) is 20.6. The number of carboxylic acid groups (broad SMARTS) is 1. The molecule has 1 aromatic carbocycles. The molecular weight excluding hydrogens is 355 g/mol. The maximum absolute atomic E-state index is 14.6. The number of para-hydroxylation sites is 1. The number of allylic oxidation sites excluding steroid dienone is 1. The lowest BCUT2D eigenvalue weighted by Crippen LogP contribution is -2.47. The first-order valence-electron chi connectivity index (χ1n) is 9.78. The van der Waals surface area contributed by atoms with Gasteiger partial charge in [-0.15, -0.1) is 0 Å². The van der Waals surface area contributed by atoms with Gasteiger partial charge in [-0.2, -0.15) is 0 Å². The van der Waals surface area contributed by atoms with Gasteiger partial charge in [0.25, 0.3) is 0 Å². The van der Waals surface area contributed by atoms with E-state index in [-0.39, 0.29) is 12.1 Å². The molecule has 1 aliphatic heterocycles. The molecule has 2 heterocycles. The van der Waals surface area contributed by atoms with Crippen molar-refractivity contribution < 1.29 is 14.3 Å². The number of aromatic amines is 1. The molecule has 3 rings (SSSR count). The van der Waals surface area contributed by atoms with Crippen LogP contribution < -0.4 is 0 Å². The summed E-state index contributed by atoms with van der Waals surface area (Å²) in [5, 5.41) is 9.99. The number of aromatic nitrogens is 1. The number of nitrogens with one attached hydrogen (secondary N) is 1. The number of carbonyl (C=O) groups is 1. The van der Waals surface area contributed by atoms with E-state index in [2.05, 4.69) is 35.5 Å². The smallest absolute Gasteiger partial charge is 0.327 e. The minimum Gasteiger partial charge on any atom is -0.478 e. The average molecular weight is 384 g/mol. The minimum absolute atomic E-state index is 0.112. The number of nitrogens with zero attached hydrogens (tertiary/aromatic N) is 1. The minimum atomic E-state index is -1.32. The number of aliphatic carboxylic acids is 1. The van der Waals surface area contributed by atoms with Crippen molar-refractivity contribution >= 4 is 16.9 Å². The molecule has 2 aromatic rings. The average Bonchev–Trinajstić information content (AvgIpc) is 2.96. The predicted octanol–water partition coefficient (Wildman–Crippen LogP) is 5.18. The fraction of sp³-hybridized carbons (Fsp3) is 0.435. The van der Waals surface area contributed by atoms with Gasteiger partial charge < -0.3 is 10.1 Å². The molecule has 0 aliphatic carbocycles. The lowest BCUT2D eigenvalue weighted by Gasteiger charge is -2.43. The van der Waals surface area contributed by atoms with Crippen LogP contribution >= 0.6 is 0 Å². The molecule has 2 atom stereocenters. The summed E-state index contributed by atoms with van der Waals surface area (Å²) < 4.78 is 14.6. The second-order valence-corrected chi connectivity index (χ2v) is 8.35. The van der Waals surface area contributed by atoms with Gasteiger partial charge in [0, 0.05) is 35.3 Å². The maximum Gasteiger partial charge on any atom is 0.327 e. The Kier molecular flexibility index (Phi) is 5.75. The number of H-pyrrole nitrogens is 1. The molecule has 150 valence electrons. The summed E-state index contributed by atoms with van der Waals surface area (Å²) in [6.45, 7) is 9.98. The molecule has 0 spiro atoms. The molecule has 5 heteroatoms. The molecule has 0 fully saturated rings. The molecular formula is C23H29FN2O2. The summed E-state index contributed by atoms with van der Waals surface area (Å²) in [5.41, 5.74) is 3.11. The second kappa shape index (κ2) is 7.92. The Morgan fingerprint density at radius 2 is 2.14 bits per heavy atom. The van der Waals surface area contributed by atoms with Crippen LogP contribution in [0.2, 0.25) is 0 Å². The SMILES string of the molecule is C=C(CC/C=C/C(=O)O)[C@H]1c2[nH]c3ccccc3c2C[C@@H](C)N1CC(C)(C)F. The van der Waals surface area contributed by atoms with Crippen LogP contribution in [0, 0.1) is 0 Å². The van der Waals surface area contributed by atoms with Gasteiger partial charge in [0.1, 0.15) is 5.67 Å². The summed E-state index contributed by atoms with van der Waals surface area (Å²) in [7, 11) is 0. The summed E-state index contributed by atoms with van der Waals surface area (Å²) in [6, 6.07) is 8.31. The molecule has 0 radical (unpaired) electrons. The van der Waals surface area contributed by atoms with Gasteiger partial charge in [-0.25, -0.2) is 9.18 Å². The standard InChI is InChI=1S/C23H29FN2O2/c1-15(9-5-8-12-20(27)28)22-21-18(17-10-6-7-11-19(17)25-21)13-16(2)26(22)14-23(3,4)24/h6-8,10-12,16,22,25H,1,5,9,13-14H2,2-4H3,(H,27,28)/b12-8+/t16-,22+/m1/s1. The highest BCUT2D eigenvalue weighted by Crippen LogP contribution is 2.42. The fourth-order valence-corrected chi connectivity index (χ4v) is 4.22. The molecule has 2 N–H and O–H groups in total. The summed E-state index contributed by atoms with van der Waals surface area (Å²) >= 11 is 0. The monoisotopic (exact) mass is 384 g/mol. The van der Waals surface area contributed by atoms with E-state index >= 15 is 0 Å². The van der Waals surface area contributed by atoms with E-state index in [1.54, 1.807) is 19.9 Å². The van der Waals surface area contributed by atoms with Crippen LogP contribution in [0.5, 0.6) is 0 Å². The van der Waals surface area contributed by atoms with Crippen molar-refractivity contribution in [2.75, 3.05) is 6.54 Å². The van der Waals surface area contributed by atoms with E-state index in [1.807, 2.05) is 12.1 Å². The Bertz CT molecular complexity index is 907. The number of hydrogen-bond acceptors (Lipinski definition) is 2. The Hall–Kier alpha value is -2.40. The zero-order valence-corrected chi connectivity index (χ0v) is 16.8. The van der Waals surface area contributed by atoms with Crippen LogP contribution in [0.1, 0.15) is 50.9 Å². The Morgan fingerprint density at radius 3 is 2.82 bits per heavy atom. The zero-order chi connectivity index (χ0) is 20.5. The number of hydrogen-bond donors (Lipinski definition) is 2. The van der Waals surface area contributed by atoms with Crippen molar-refractivity contribution in [2.24, 2.45) is 0 Å². The largest absolute Gasteiger partial charge is 0.478 e. The highest BCUT2D eigenvalue weighted by molar-refractivity contribution is 5.85. The summed E-state index contributed by atoms with van der Waals surface area (Å²) in [4.78, 5) is 16.4. The third-order valence-electron chi connectivity index (χ3n) is 5.36. The molecule has 0 bridgehead atoms. The lowest BCUT2D eigenvalue weighted by atomic mass is 9.86. The zero-order valence-electron chi connectivity index (χ0n) is 16.8. The van der Waals surface area contributed by atoms with Crippen LogP contribution in [-0.2, 0) is 11.2 Å². The third-order valence-corrected chi connectivity index (χ3v) is 5.36. The van der Waals surface area contributed by atoms with Gasteiger partial charge in [0.15, 0.2) is 0 Å². The number of carboxylic acids is 1. The van der Waals surface area contributed by atoms with Crippen LogP contribution in [0.3, 0.4) is 0 Å². The van der Waals surface area contributed by atoms with E-state index in [1.165, 1.54) is 10.9 Å². The molecule has 4 nitrogen and oxygen atoms in total. The quantitative estimate of drug-likeness (QED) is 0.511. The van der Waals surface area contributed by atoms with E-state index in [9.17, 15) is 9.18 Å². The number of fused-ring (bicyclic) bond motifs is 3. The van der Waals surface area contributed by atoms with Crippen LogP contribution in [0.4, 0.5) is 4.39 Å². The van der Waals surface area contributed by atoms with Gasteiger partial charge in [-0.1, -0.05) is 36.4 Å². The molecule has 1 aliphatic rings. The Balaban J connectivity index is 1.97. The topological polar surface area (TPSA) is 56.3 Å². The highest BCUT2D eigenvalue weighted by atomic mass is 19.1. The van der Waals surface area contributed by atoms with Gasteiger partial charge in [0.2, 0.25) is 0 Å². The molecule has 0 saturated heterocycles. The molecule has 28 heavy (non-hydrogen) atoms.